The Morgan fingerprint density at radius 3 is 2.75 bits per heavy atom. The highest BCUT2D eigenvalue weighted by molar-refractivity contribution is 5.87. The number of rotatable bonds is 6. The van der Waals surface area contributed by atoms with Gasteiger partial charge in [-0.3, -0.25) is 9.78 Å². The number of hydrogen-bond acceptors (Lipinski definition) is 2. The Morgan fingerprint density at radius 1 is 1.20 bits per heavy atom. The third-order valence-corrected chi connectivity index (χ3v) is 3.57. The summed E-state index contributed by atoms with van der Waals surface area (Å²) in [5, 5.41) is 1.09. The maximum absolute atomic E-state index is 12.4. The average Bonchev–Trinajstić information content (AvgIpc) is 2.48. The maximum Gasteiger partial charge on any atom is 0.227 e. The quantitative estimate of drug-likeness (QED) is 0.805. The fraction of sp³-hybridized carbons (Fsp3) is 0.412. The summed E-state index contributed by atoms with van der Waals surface area (Å²) in [4.78, 5) is 18.7. The van der Waals surface area contributed by atoms with Gasteiger partial charge < -0.3 is 4.90 Å². The monoisotopic (exact) mass is 270 g/mol. The summed E-state index contributed by atoms with van der Waals surface area (Å²) in [5.74, 6) is 0.194. The topological polar surface area (TPSA) is 33.2 Å². The van der Waals surface area contributed by atoms with Gasteiger partial charge in [0.15, 0.2) is 0 Å². The number of amides is 1. The van der Waals surface area contributed by atoms with Crippen LogP contribution in [0.3, 0.4) is 0 Å². The van der Waals surface area contributed by atoms with E-state index in [4.69, 9.17) is 0 Å². The molecule has 0 saturated heterocycles. The van der Waals surface area contributed by atoms with E-state index in [2.05, 4.69) is 11.9 Å². The number of hydrogen-bond donors (Lipinski definition) is 0. The minimum absolute atomic E-state index is 0.194. The summed E-state index contributed by atoms with van der Waals surface area (Å²) in [6.07, 6.45) is 4.39. The molecule has 1 amide bonds. The summed E-state index contributed by atoms with van der Waals surface area (Å²) in [6.45, 7) is 5.81. The summed E-state index contributed by atoms with van der Waals surface area (Å²) < 4.78 is 0. The third-order valence-electron chi connectivity index (χ3n) is 3.57. The molecular weight excluding hydrogens is 248 g/mol. The summed E-state index contributed by atoms with van der Waals surface area (Å²) >= 11 is 0. The van der Waals surface area contributed by atoms with Gasteiger partial charge in [-0.15, -0.1) is 0 Å². The van der Waals surface area contributed by atoms with Gasteiger partial charge in [-0.2, -0.15) is 0 Å². The second-order valence-corrected chi connectivity index (χ2v) is 5.00. The van der Waals surface area contributed by atoms with Crippen LogP contribution >= 0.6 is 0 Å². The van der Waals surface area contributed by atoms with E-state index in [1.165, 1.54) is 0 Å². The van der Waals surface area contributed by atoms with Crippen LogP contribution in [-0.4, -0.2) is 28.9 Å². The summed E-state index contributed by atoms with van der Waals surface area (Å²) in [7, 11) is 0. The second kappa shape index (κ2) is 7.04. The van der Waals surface area contributed by atoms with E-state index in [9.17, 15) is 4.79 Å². The number of para-hydroxylation sites is 1. The first-order valence-corrected chi connectivity index (χ1v) is 7.36. The lowest BCUT2D eigenvalue weighted by Crippen LogP contribution is -2.33. The molecule has 2 aromatic rings. The molecule has 0 fully saturated rings. The van der Waals surface area contributed by atoms with Crippen LogP contribution in [0.15, 0.2) is 36.5 Å². The summed E-state index contributed by atoms with van der Waals surface area (Å²) in [6, 6.07) is 9.99. The van der Waals surface area contributed by atoms with Crippen LogP contribution in [0.1, 0.15) is 32.3 Å². The molecule has 20 heavy (non-hydrogen) atoms. The summed E-state index contributed by atoms with van der Waals surface area (Å²) in [5.41, 5.74) is 1.96. The first-order chi connectivity index (χ1) is 9.76. The smallest absolute Gasteiger partial charge is 0.227 e. The molecule has 0 atom stereocenters. The van der Waals surface area contributed by atoms with Gasteiger partial charge in [0.25, 0.3) is 0 Å². The second-order valence-electron chi connectivity index (χ2n) is 5.00. The molecule has 3 heteroatoms. The van der Waals surface area contributed by atoms with E-state index in [1.54, 1.807) is 6.20 Å². The minimum atomic E-state index is 0.194. The predicted molar refractivity (Wildman–Crippen MR) is 82.6 cm³/mol. The highest BCUT2D eigenvalue weighted by Gasteiger charge is 2.13. The van der Waals surface area contributed by atoms with E-state index in [-0.39, 0.29) is 5.91 Å². The number of likely N-dealkylation sites (N-methyl/N-ethyl adjacent to an activating group) is 1. The van der Waals surface area contributed by atoms with Gasteiger partial charge >= 0.3 is 0 Å². The van der Waals surface area contributed by atoms with E-state index in [1.807, 2.05) is 42.2 Å². The van der Waals surface area contributed by atoms with Gasteiger partial charge in [-0.25, -0.2) is 0 Å². The molecule has 0 aliphatic carbocycles. The van der Waals surface area contributed by atoms with Gasteiger partial charge in [-0.1, -0.05) is 37.6 Å². The Balaban J connectivity index is 2.17. The van der Waals surface area contributed by atoms with Crippen molar-refractivity contribution in [1.82, 2.24) is 9.88 Å². The molecule has 0 N–H and O–H groups in total. The molecule has 0 aliphatic heterocycles. The lowest BCUT2D eigenvalue weighted by atomic mass is 10.1. The Hall–Kier alpha value is -1.90. The molecular formula is C17H22N2O. The Morgan fingerprint density at radius 2 is 2.00 bits per heavy atom. The average molecular weight is 270 g/mol. The van der Waals surface area contributed by atoms with Crippen LogP contribution in [0.4, 0.5) is 0 Å². The van der Waals surface area contributed by atoms with Crippen LogP contribution in [0, 0.1) is 0 Å². The normalized spacial score (nSPS) is 10.7. The molecule has 2 rings (SSSR count). The van der Waals surface area contributed by atoms with Gasteiger partial charge in [0.2, 0.25) is 5.91 Å². The van der Waals surface area contributed by atoms with Crippen molar-refractivity contribution in [2.24, 2.45) is 0 Å². The lowest BCUT2D eigenvalue weighted by molar-refractivity contribution is -0.130. The van der Waals surface area contributed by atoms with Gasteiger partial charge in [-0.05, 0) is 25.0 Å². The molecule has 106 valence electrons. The van der Waals surface area contributed by atoms with Crippen LogP contribution < -0.4 is 0 Å². The van der Waals surface area contributed by atoms with Crippen molar-refractivity contribution >= 4 is 16.8 Å². The van der Waals surface area contributed by atoms with Crippen LogP contribution in [0.5, 0.6) is 0 Å². The molecule has 0 saturated carbocycles. The third kappa shape index (κ3) is 3.35. The number of fused-ring (bicyclic) bond motifs is 1. The van der Waals surface area contributed by atoms with Crippen LogP contribution in [0.2, 0.25) is 0 Å². The molecule has 0 spiro atoms. The number of benzene rings is 1. The van der Waals surface area contributed by atoms with Crippen molar-refractivity contribution < 1.29 is 4.79 Å². The Bertz CT molecular complexity index is 575. The first kappa shape index (κ1) is 14.5. The zero-order valence-corrected chi connectivity index (χ0v) is 12.3. The van der Waals surface area contributed by atoms with Gasteiger partial charge in [0, 0.05) is 24.7 Å². The first-order valence-electron chi connectivity index (χ1n) is 7.36. The molecule has 1 aromatic carbocycles. The lowest BCUT2D eigenvalue weighted by Gasteiger charge is -2.20. The molecule has 0 radical (unpaired) electrons. The number of pyridine rings is 1. The van der Waals surface area contributed by atoms with Crippen molar-refractivity contribution in [3.63, 3.8) is 0 Å². The van der Waals surface area contributed by atoms with Gasteiger partial charge in [0.05, 0.1) is 11.9 Å². The molecule has 1 aromatic heterocycles. The number of aromatic nitrogens is 1. The molecule has 1 heterocycles. The van der Waals surface area contributed by atoms with Crippen molar-refractivity contribution in [3.05, 3.63) is 42.1 Å². The van der Waals surface area contributed by atoms with Crippen molar-refractivity contribution in [1.29, 1.82) is 0 Å². The standard InChI is InChI=1S/C17H22N2O/c1-3-5-12-19(4-2)16(20)13-15-9-6-8-14-10-7-11-18-17(14)15/h6-11H,3-5,12-13H2,1-2H3. The minimum Gasteiger partial charge on any atom is -0.343 e. The molecule has 0 aliphatic rings. The number of nitrogens with zero attached hydrogens (tertiary/aromatic N) is 2. The number of carbonyl (C=O) groups is 1. The van der Waals surface area contributed by atoms with Crippen molar-refractivity contribution in [2.45, 2.75) is 33.1 Å². The maximum atomic E-state index is 12.4. The van der Waals surface area contributed by atoms with Crippen LogP contribution in [0.25, 0.3) is 10.9 Å². The highest BCUT2D eigenvalue weighted by Crippen LogP contribution is 2.17. The van der Waals surface area contributed by atoms with Crippen LogP contribution in [-0.2, 0) is 11.2 Å². The Labute approximate surface area is 120 Å². The van der Waals surface area contributed by atoms with E-state index >= 15 is 0 Å². The van der Waals surface area contributed by atoms with E-state index in [0.29, 0.717) is 6.42 Å². The van der Waals surface area contributed by atoms with E-state index in [0.717, 1.165) is 42.4 Å². The zero-order chi connectivity index (χ0) is 14.4. The largest absolute Gasteiger partial charge is 0.343 e. The molecule has 0 bridgehead atoms. The molecule has 0 unspecified atom stereocenters. The SMILES string of the molecule is CCCCN(CC)C(=O)Cc1cccc2cccnc12. The Kier molecular flexibility index (Phi) is 5.10. The van der Waals surface area contributed by atoms with Crippen molar-refractivity contribution in [2.75, 3.05) is 13.1 Å². The van der Waals surface area contributed by atoms with Crippen molar-refractivity contribution in [3.8, 4) is 0 Å². The number of unbranched alkanes of at least 4 members (excludes halogenated alkanes) is 1. The fourth-order valence-electron chi connectivity index (χ4n) is 2.39. The number of carbonyl (C=O) groups excluding carboxylic acids is 1. The highest BCUT2D eigenvalue weighted by atomic mass is 16.2. The predicted octanol–water partition coefficient (Wildman–Crippen LogP) is 3.43. The molecule has 3 nitrogen and oxygen atoms in total. The van der Waals surface area contributed by atoms with Gasteiger partial charge in [0.1, 0.15) is 0 Å². The fourth-order valence-corrected chi connectivity index (χ4v) is 2.39. The van der Waals surface area contributed by atoms with E-state index < -0.39 is 0 Å². The zero-order valence-electron chi connectivity index (χ0n) is 12.3.